The summed E-state index contributed by atoms with van der Waals surface area (Å²) in [5.74, 6) is -0.690. The topological polar surface area (TPSA) is 57.5 Å². The summed E-state index contributed by atoms with van der Waals surface area (Å²) >= 11 is 2.66. The molecule has 0 heterocycles. The zero-order chi connectivity index (χ0) is 8.43. The number of halogens is 1. The molecule has 11 heavy (non-hydrogen) atoms. The number of phenols is 2. The van der Waals surface area contributed by atoms with Crippen molar-refractivity contribution in [2.45, 2.75) is 0 Å². The fourth-order valence-electron chi connectivity index (χ4n) is 0.690. The van der Waals surface area contributed by atoms with Gasteiger partial charge in [0.2, 0.25) is 4.69 Å². The highest BCUT2D eigenvalue weighted by molar-refractivity contribution is 9.18. The molecule has 0 atom stereocenters. The molecule has 4 heteroatoms. The highest BCUT2D eigenvalue weighted by Crippen LogP contribution is 2.29. The Labute approximate surface area is 71.4 Å². The third kappa shape index (κ3) is 1.51. The molecule has 3 nitrogen and oxygen atoms in total. The molecule has 2 N–H and O–H groups in total. The first-order valence-corrected chi connectivity index (χ1v) is 3.63. The van der Waals surface area contributed by atoms with Crippen molar-refractivity contribution in [3.63, 3.8) is 0 Å². The Balaban J connectivity index is 3.27. The van der Waals surface area contributed by atoms with Crippen LogP contribution < -0.4 is 0 Å². The van der Waals surface area contributed by atoms with Gasteiger partial charge in [0.15, 0.2) is 11.5 Å². The molecule has 0 amide bonds. The lowest BCUT2D eigenvalue weighted by Crippen LogP contribution is -1.87. The first kappa shape index (κ1) is 8.07. The normalized spacial score (nSPS) is 9.55. The second-order valence-electron chi connectivity index (χ2n) is 1.95. The molecular formula is C7H5BrO3. The summed E-state index contributed by atoms with van der Waals surface area (Å²) in [6.45, 7) is 0. The minimum Gasteiger partial charge on any atom is -0.504 e. The maximum atomic E-state index is 10.7. The average Bonchev–Trinajstić information content (AvgIpc) is 1.94. The van der Waals surface area contributed by atoms with E-state index in [-0.39, 0.29) is 11.3 Å². The first-order chi connectivity index (χ1) is 5.13. The SMILES string of the molecule is O=C(Br)c1cccc(O)c1O. The van der Waals surface area contributed by atoms with Crippen LogP contribution in [-0.4, -0.2) is 14.9 Å². The Morgan fingerprint density at radius 3 is 2.45 bits per heavy atom. The monoisotopic (exact) mass is 216 g/mol. The Kier molecular flexibility index (Phi) is 2.14. The summed E-state index contributed by atoms with van der Waals surface area (Å²) in [6, 6.07) is 4.18. The predicted octanol–water partition coefficient (Wildman–Crippen LogP) is 1.63. The number of carbonyl (C=O) groups is 1. The molecule has 1 aromatic carbocycles. The Morgan fingerprint density at radius 1 is 1.36 bits per heavy atom. The number of benzene rings is 1. The summed E-state index contributed by atoms with van der Waals surface area (Å²) < 4.78 is -0.453. The third-order valence-electron chi connectivity index (χ3n) is 1.23. The van der Waals surface area contributed by atoms with E-state index >= 15 is 0 Å². The van der Waals surface area contributed by atoms with Crippen molar-refractivity contribution in [1.29, 1.82) is 0 Å². The van der Waals surface area contributed by atoms with Gasteiger partial charge >= 0.3 is 0 Å². The van der Waals surface area contributed by atoms with Crippen molar-refractivity contribution in [2.75, 3.05) is 0 Å². The van der Waals surface area contributed by atoms with Crippen LogP contribution in [0.25, 0.3) is 0 Å². The highest BCUT2D eigenvalue weighted by atomic mass is 79.9. The standard InChI is InChI=1S/C7H5BrO3/c8-7(11)4-2-1-3-5(9)6(4)10/h1-3,9-10H. The van der Waals surface area contributed by atoms with E-state index in [1.54, 1.807) is 0 Å². The molecule has 0 saturated carbocycles. The smallest absolute Gasteiger partial charge is 0.231 e. The summed E-state index contributed by atoms with van der Waals surface area (Å²) in [5, 5.41) is 18.0. The van der Waals surface area contributed by atoms with E-state index in [2.05, 4.69) is 15.9 Å². The van der Waals surface area contributed by atoms with Gasteiger partial charge in [-0.3, -0.25) is 4.79 Å². The van der Waals surface area contributed by atoms with Gasteiger partial charge in [-0.2, -0.15) is 0 Å². The van der Waals surface area contributed by atoms with E-state index in [1.807, 2.05) is 0 Å². The van der Waals surface area contributed by atoms with Crippen LogP contribution in [0.5, 0.6) is 11.5 Å². The van der Waals surface area contributed by atoms with Crippen LogP contribution in [0.3, 0.4) is 0 Å². The molecule has 0 aliphatic carbocycles. The Bertz CT molecular complexity index is 296. The van der Waals surface area contributed by atoms with Gasteiger partial charge in [-0.1, -0.05) is 6.07 Å². The first-order valence-electron chi connectivity index (χ1n) is 2.83. The van der Waals surface area contributed by atoms with Crippen molar-refractivity contribution in [3.8, 4) is 11.5 Å². The van der Waals surface area contributed by atoms with E-state index in [0.717, 1.165) is 0 Å². The van der Waals surface area contributed by atoms with Crippen molar-refractivity contribution < 1.29 is 15.0 Å². The van der Waals surface area contributed by atoms with Crippen molar-refractivity contribution in [1.82, 2.24) is 0 Å². The summed E-state index contributed by atoms with van der Waals surface area (Å²) in [5.41, 5.74) is 0.0602. The number of rotatable bonds is 1. The van der Waals surface area contributed by atoms with Gasteiger partial charge in [0.25, 0.3) is 0 Å². The molecule has 58 valence electrons. The lowest BCUT2D eigenvalue weighted by molar-refractivity contribution is 0.109. The number of hydrogen-bond acceptors (Lipinski definition) is 3. The molecule has 0 saturated heterocycles. The summed E-state index contributed by atoms with van der Waals surface area (Å²) in [4.78, 5) is 10.7. The molecule has 1 aromatic rings. The molecule has 0 unspecified atom stereocenters. The van der Waals surface area contributed by atoms with Crippen LogP contribution in [0.2, 0.25) is 0 Å². The quantitative estimate of drug-likeness (QED) is 0.555. The summed E-state index contributed by atoms with van der Waals surface area (Å²) in [7, 11) is 0. The zero-order valence-corrected chi connectivity index (χ0v) is 7.00. The third-order valence-corrected chi connectivity index (χ3v) is 1.65. The van der Waals surface area contributed by atoms with E-state index < -0.39 is 10.4 Å². The second kappa shape index (κ2) is 2.92. The highest BCUT2D eigenvalue weighted by Gasteiger charge is 2.09. The molecule has 0 bridgehead atoms. The molecule has 1 rings (SSSR count). The Hall–Kier alpha value is -1.03. The lowest BCUT2D eigenvalue weighted by atomic mass is 10.2. The summed E-state index contributed by atoms with van der Waals surface area (Å²) in [6.07, 6.45) is 0. The molecule has 0 radical (unpaired) electrons. The number of hydrogen-bond donors (Lipinski definition) is 2. The maximum Gasteiger partial charge on any atom is 0.231 e. The molecule has 0 fully saturated rings. The van der Waals surface area contributed by atoms with Gasteiger partial charge < -0.3 is 10.2 Å². The van der Waals surface area contributed by atoms with E-state index in [0.29, 0.717) is 0 Å². The van der Waals surface area contributed by atoms with Crippen LogP contribution in [-0.2, 0) is 0 Å². The van der Waals surface area contributed by atoms with Gasteiger partial charge in [0.05, 0.1) is 5.56 Å². The maximum absolute atomic E-state index is 10.7. The molecule has 0 aliphatic heterocycles. The van der Waals surface area contributed by atoms with Crippen LogP contribution in [0.1, 0.15) is 10.4 Å². The van der Waals surface area contributed by atoms with Crippen molar-refractivity contribution in [3.05, 3.63) is 23.8 Å². The van der Waals surface area contributed by atoms with Gasteiger partial charge in [0.1, 0.15) is 0 Å². The number of aromatic hydroxyl groups is 2. The van der Waals surface area contributed by atoms with Gasteiger partial charge in [0, 0.05) is 0 Å². The molecular weight excluding hydrogens is 212 g/mol. The van der Waals surface area contributed by atoms with Crippen LogP contribution >= 0.6 is 15.9 Å². The molecule has 0 aliphatic rings. The van der Waals surface area contributed by atoms with Gasteiger partial charge in [-0.25, -0.2) is 0 Å². The van der Waals surface area contributed by atoms with Gasteiger partial charge in [-0.15, -0.1) is 0 Å². The van der Waals surface area contributed by atoms with Gasteiger partial charge in [-0.05, 0) is 28.1 Å². The average molecular weight is 217 g/mol. The van der Waals surface area contributed by atoms with Crippen LogP contribution in [0, 0.1) is 0 Å². The van der Waals surface area contributed by atoms with E-state index in [9.17, 15) is 4.79 Å². The minimum absolute atomic E-state index is 0.0602. The van der Waals surface area contributed by atoms with Crippen LogP contribution in [0.4, 0.5) is 0 Å². The minimum atomic E-state index is -0.453. The van der Waals surface area contributed by atoms with Crippen molar-refractivity contribution >= 4 is 20.6 Å². The van der Waals surface area contributed by atoms with E-state index in [4.69, 9.17) is 10.2 Å². The predicted molar refractivity (Wildman–Crippen MR) is 43.0 cm³/mol. The Morgan fingerprint density at radius 2 is 2.00 bits per heavy atom. The fourth-order valence-corrected chi connectivity index (χ4v) is 1.01. The number of para-hydroxylation sites is 1. The molecule has 0 aromatic heterocycles. The van der Waals surface area contributed by atoms with Crippen LogP contribution in [0.15, 0.2) is 18.2 Å². The van der Waals surface area contributed by atoms with E-state index in [1.165, 1.54) is 18.2 Å². The largest absolute Gasteiger partial charge is 0.504 e. The fraction of sp³-hybridized carbons (Fsp3) is 0. The zero-order valence-electron chi connectivity index (χ0n) is 5.41. The lowest BCUT2D eigenvalue weighted by Gasteiger charge is -1.99. The number of phenolic OH excluding ortho intramolecular Hbond substituents is 2. The molecule has 0 spiro atoms. The second-order valence-corrected chi connectivity index (χ2v) is 2.67. The van der Waals surface area contributed by atoms with Crippen molar-refractivity contribution in [2.24, 2.45) is 0 Å². The number of carbonyl (C=O) groups excluding carboxylic acids is 1.